The van der Waals surface area contributed by atoms with Crippen molar-refractivity contribution in [1.29, 1.82) is 0 Å². The molecule has 1 rings (SSSR count). The van der Waals surface area contributed by atoms with Crippen LogP contribution in [0, 0.1) is 0 Å². The second-order valence-corrected chi connectivity index (χ2v) is 3.99. The summed E-state index contributed by atoms with van der Waals surface area (Å²) in [7, 11) is -1.14. The molecule has 0 fully saturated rings. The average Bonchev–Trinajstić information content (AvgIpc) is 2.15. The maximum Gasteiger partial charge on any atom is 0.492 e. The Bertz CT molecular complexity index is 394. The van der Waals surface area contributed by atoms with E-state index in [0.29, 0.717) is 5.46 Å². The first-order valence-electron chi connectivity index (χ1n) is 4.78. The van der Waals surface area contributed by atoms with Crippen LogP contribution in [0.1, 0.15) is 24.2 Å². The Morgan fingerprint density at radius 1 is 1.50 bits per heavy atom. The molecule has 0 aliphatic carbocycles. The molecule has 0 aliphatic rings. The molecule has 0 atom stereocenters. The van der Waals surface area contributed by atoms with Crippen molar-refractivity contribution >= 4 is 30.2 Å². The van der Waals surface area contributed by atoms with E-state index in [9.17, 15) is 9.82 Å². The fraction of sp³-hybridized carbons (Fsp3) is 0.300. The van der Waals surface area contributed by atoms with E-state index in [1.165, 1.54) is 18.2 Å². The first kappa shape index (κ1) is 13.0. The SMILES string of the molecule is CC(C)OB(O)c1ccc(C(=O)O)cc1Cl. The van der Waals surface area contributed by atoms with Crippen LogP contribution in [0.3, 0.4) is 0 Å². The zero-order valence-electron chi connectivity index (χ0n) is 8.98. The van der Waals surface area contributed by atoms with Crippen LogP contribution in [-0.4, -0.2) is 29.3 Å². The van der Waals surface area contributed by atoms with Crippen molar-refractivity contribution in [2.24, 2.45) is 0 Å². The number of halogens is 1. The molecule has 6 heteroatoms. The fourth-order valence-corrected chi connectivity index (χ4v) is 1.47. The van der Waals surface area contributed by atoms with Gasteiger partial charge in [-0.05, 0) is 26.0 Å². The van der Waals surface area contributed by atoms with E-state index in [4.69, 9.17) is 21.4 Å². The first-order valence-corrected chi connectivity index (χ1v) is 5.16. The number of rotatable bonds is 4. The molecular formula is C10H12BClO4. The Balaban J connectivity index is 2.94. The van der Waals surface area contributed by atoms with Gasteiger partial charge in [-0.25, -0.2) is 4.79 Å². The predicted molar refractivity (Wildman–Crippen MR) is 62.2 cm³/mol. The molecule has 0 radical (unpaired) electrons. The third-order valence-corrected chi connectivity index (χ3v) is 2.24. The van der Waals surface area contributed by atoms with E-state index in [1.54, 1.807) is 13.8 Å². The lowest BCUT2D eigenvalue weighted by atomic mass is 9.79. The van der Waals surface area contributed by atoms with Crippen LogP contribution >= 0.6 is 11.6 Å². The summed E-state index contributed by atoms with van der Waals surface area (Å²) in [5.74, 6) is -1.06. The minimum absolute atomic E-state index is 0.0745. The highest BCUT2D eigenvalue weighted by atomic mass is 35.5. The van der Waals surface area contributed by atoms with Gasteiger partial charge in [0, 0.05) is 16.6 Å². The minimum atomic E-state index is -1.14. The summed E-state index contributed by atoms with van der Waals surface area (Å²) in [6.45, 7) is 3.56. The van der Waals surface area contributed by atoms with Crippen LogP contribution in [0.2, 0.25) is 5.02 Å². The second kappa shape index (κ2) is 5.34. The fourth-order valence-electron chi connectivity index (χ4n) is 1.19. The van der Waals surface area contributed by atoms with Crippen molar-refractivity contribution in [2.45, 2.75) is 20.0 Å². The lowest BCUT2D eigenvalue weighted by Crippen LogP contribution is -2.36. The summed E-state index contributed by atoms with van der Waals surface area (Å²) in [4.78, 5) is 10.7. The summed E-state index contributed by atoms with van der Waals surface area (Å²) >= 11 is 5.85. The van der Waals surface area contributed by atoms with Crippen LogP contribution < -0.4 is 5.46 Å². The van der Waals surface area contributed by atoms with Crippen molar-refractivity contribution in [2.75, 3.05) is 0 Å². The van der Waals surface area contributed by atoms with Crippen LogP contribution in [0.15, 0.2) is 18.2 Å². The maximum absolute atomic E-state index is 10.7. The molecule has 0 aromatic heterocycles. The molecule has 0 amide bonds. The topological polar surface area (TPSA) is 66.8 Å². The number of carboxylic acids is 1. The van der Waals surface area contributed by atoms with Gasteiger partial charge in [-0.2, -0.15) is 0 Å². The normalized spacial score (nSPS) is 10.6. The monoisotopic (exact) mass is 242 g/mol. The van der Waals surface area contributed by atoms with E-state index in [2.05, 4.69) is 0 Å². The lowest BCUT2D eigenvalue weighted by Gasteiger charge is -2.12. The largest absolute Gasteiger partial charge is 0.492 e. The number of aromatic carboxylic acids is 1. The number of carboxylic acid groups (broad SMARTS) is 1. The van der Waals surface area contributed by atoms with Crippen LogP contribution in [-0.2, 0) is 4.65 Å². The van der Waals surface area contributed by atoms with Gasteiger partial charge in [-0.1, -0.05) is 17.7 Å². The number of hydrogen-bond donors (Lipinski definition) is 2. The van der Waals surface area contributed by atoms with Crippen LogP contribution in [0.5, 0.6) is 0 Å². The van der Waals surface area contributed by atoms with E-state index in [0.717, 1.165) is 0 Å². The van der Waals surface area contributed by atoms with Crippen molar-refractivity contribution < 1.29 is 19.6 Å². The third-order valence-electron chi connectivity index (χ3n) is 1.91. The highest BCUT2D eigenvalue weighted by molar-refractivity contribution is 6.63. The van der Waals surface area contributed by atoms with Gasteiger partial charge in [0.25, 0.3) is 0 Å². The van der Waals surface area contributed by atoms with Crippen molar-refractivity contribution in [1.82, 2.24) is 0 Å². The smallest absolute Gasteiger partial charge is 0.478 e. The summed E-state index contributed by atoms with van der Waals surface area (Å²) < 4.78 is 5.14. The van der Waals surface area contributed by atoms with Crippen LogP contribution in [0.4, 0.5) is 0 Å². The van der Waals surface area contributed by atoms with E-state index < -0.39 is 13.1 Å². The zero-order valence-corrected chi connectivity index (χ0v) is 9.73. The minimum Gasteiger partial charge on any atom is -0.478 e. The highest BCUT2D eigenvalue weighted by Gasteiger charge is 2.21. The molecule has 0 saturated carbocycles. The Labute approximate surface area is 99.0 Å². The predicted octanol–water partition coefficient (Wildman–Crippen LogP) is 1.15. The van der Waals surface area contributed by atoms with E-state index in [1.807, 2.05) is 0 Å². The quantitative estimate of drug-likeness (QED) is 0.777. The molecule has 0 heterocycles. The third kappa shape index (κ3) is 3.23. The molecule has 4 nitrogen and oxygen atoms in total. The van der Waals surface area contributed by atoms with Gasteiger partial charge in [0.2, 0.25) is 0 Å². The van der Waals surface area contributed by atoms with Gasteiger partial charge in [0.15, 0.2) is 0 Å². The molecule has 86 valence electrons. The average molecular weight is 242 g/mol. The zero-order chi connectivity index (χ0) is 12.3. The molecule has 1 aromatic carbocycles. The molecule has 2 N–H and O–H groups in total. The Hall–Kier alpha value is -1.04. The van der Waals surface area contributed by atoms with Crippen molar-refractivity contribution in [3.8, 4) is 0 Å². The van der Waals surface area contributed by atoms with Gasteiger partial charge >= 0.3 is 13.1 Å². The Morgan fingerprint density at radius 2 is 2.12 bits per heavy atom. The molecule has 0 aliphatic heterocycles. The summed E-state index contributed by atoms with van der Waals surface area (Å²) in [5, 5.41) is 18.6. The Kier molecular flexibility index (Phi) is 4.35. The standard InChI is InChI=1S/C10H12BClO4/c1-6(2)16-11(15)8-4-3-7(10(13)14)5-9(8)12/h3-6,15H,1-2H3,(H,13,14). The second-order valence-electron chi connectivity index (χ2n) is 3.58. The summed E-state index contributed by atoms with van der Waals surface area (Å²) in [5.41, 5.74) is 0.436. The summed E-state index contributed by atoms with van der Waals surface area (Å²) in [6, 6.07) is 4.10. The van der Waals surface area contributed by atoms with Crippen molar-refractivity contribution in [3.63, 3.8) is 0 Å². The molecule has 1 aromatic rings. The van der Waals surface area contributed by atoms with E-state index in [-0.39, 0.29) is 16.7 Å². The van der Waals surface area contributed by atoms with Gasteiger partial charge in [-0.15, -0.1) is 0 Å². The molecule has 0 saturated heterocycles. The van der Waals surface area contributed by atoms with Gasteiger partial charge in [-0.3, -0.25) is 0 Å². The Morgan fingerprint density at radius 3 is 2.56 bits per heavy atom. The maximum atomic E-state index is 10.7. The molecule has 0 bridgehead atoms. The summed E-state index contributed by atoms with van der Waals surface area (Å²) in [6.07, 6.45) is -0.148. The first-order chi connectivity index (χ1) is 7.41. The lowest BCUT2D eigenvalue weighted by molar-refractivity contribution is 0.0697. The molecule has 0 unspecified atom stereocenters. The van der Waals surface area contributed by atoms with Crippen molar-refractivity contribution in [3.05, 3.63) is 28.8 Å². The van der Waals surface area contributed by atoms with Gasteiger partial charge in [0.05, 0.1) is 5.56 Å². The number of carbonyl (C=O) groups is 1. The number of benzene rings is 1. The number of hydrogen-bond acceptors (Lipinski definition) is 3. The molecule has 16 heavy (non-hydrogen) atoms. The molecular weight excluding hydrogens is 230 g/mol. The van der Waals surface area contributed by atoms with Gasteiger partial charge in [0.1, 0.15) is 0 Å². The molecule has 0 spiro atoms. The van der Waals surface area contributed by atoms with E-state index >= 15 is 0 Å². The van der Waals surface area contributed by atoms with Crippen LogP contribution in [0.25, 0.3) is 0 Å². The highest BCUT2D eigenvalue weighted by Crippen LogP contribution is 2.10. The van der Waals surface area contributed by atoms with Gasteiger partial charge < -0.3 is 14.8 Å².